The zero-order chi connectivity index (χ0) is 35.6. The molecule has 5 rings (SSSR count). The lowest BCUT2D eigenvalue weighted by molar-refractivity contribution is -0.144. The highest BCUT2D eigenvalue weighted by atomic mass is 16.5. The van der Waals surface area contributed by atoms with E-state index in [1.807, 2.05) is 13.0 Å². The molecule has 1 saturated carbocycles. The molecule has 5 amide bonds. The van der Waals surface area contributed by atoms with Crippen molar-refractivity contribution < 1.29 is 43.3 Å². The summed E-state index contributed by atoms with van der Waals surface area (Å²) in [5, 5.41) is 19.5. The van der Waals surface area contributed by atoms with Gasteiger partial charge in [-0.3, -0.25) is 24.0 Å². The van der Waals surface area contributed by atoms with Crippen LogP contribution >= 0.6 is 0 Å². The molecule has 16 nitrogen and oxygen atoms in total. The van der Waals surface area contributed by atoms with E-state index in [4.69, 9.17) is 9.47 Å². The smallest absolute Gasteiger partial charge is 0.407 e. The van der Waals surface area contributed by atoms with E-state index in [0.29, 0.717) is 31.5 Å². The summed E-state index contributed by atoms with van der Waals surface area (Å²) in [6.45, 7) is 2.63. The first kappa shape index (κ1) is 36.1. The lowest BCUT2D eigenvalue weighted by Gasteiger charge is -2.35. The Morgan fingerprint density at radius 2 is 1.68 bits per heavy atom. The third kappa shape index (κ3) is 9.09. The van der Waals surface area contributed by atoms with Gasteiger partial charge in [-0.05, 0) is 57.1 Å². The fraction of sp³-hybridized carbons (Fsp3) is 0.559. The van der Waals surface area contributed by atoms with Crippen LogP contribution in [-0.4, -0.2) is 129 Å². The first-order valence-electron chi connectivity index (χ1n) is 17.3. The Bertz CT molecular complexity index is 1540. The van der Waals surface area contributed by atoms with Crippen molar-refractivity contribution in [2.45, 2.75) is 76.4 Å². The van der Waals surface area contributed by atoms with Gasteiger partial charge in [-0.2, -0.15) is 5.10 Å². The number of carbonyl (C=O) groups excluding carboxylic acids is 5. The minimum Gasteiger partial charge on any atom is -0.467 e. The molecule has 2 atom stereocenters. The number of esters is 1. The number of ether oxygens (including phenoxy) is 2. The van der Waals surface area contributed by atoms with Gasteiger partial charge in [0.25, 0.3) is 11.8 Å². The summed E-state index contributed by atoms with van der Waals surface area (Å²) < 4.78 is 12.5. The number of rotatable bonds is 14. The molecule has 1 aromatic heterocycles. The number of aromatic nitrogens is 2. The van der Waals surface area contributed by atoms with Gasteiger partial charge in [-0.1, -0.05) is 25.1 Å². The highest BCUT2D eigenvalue weighted by Crippen LogP contribution is 2.24. The van der Waals surface area contributed by atoms with Gasteiger partial charge in [-0.25, -0.2) is 9.48 Å². The zero-order valence-corrected chi connectivity index (χ0v) is 28.3. The van der Waals surface area contributed by atoms with E-state index in [1.165, 1.54) is 25.4 Å². The molecule has 50 heavy (non-hydrogen) atoms. The minimum absolute atomic E-state index is 0.0468. The SMILES string of the molecule is CCCOC(=O)CC[C@H](NC(=O)c1cc(OCC(=O)N2CCC[C@H]2C(=O)NC2CCC2)n(-c2ccccc2)n1)C(=O)N1CCN(C(=O)O)CC1. The van der Waals surface area contributed by atoms with Crippen LogP contribution < -0.4 is 15.4 Å². The van der Waals surface area contributed by atoms with Crippen molar-refractivity contribution in [2.75, 3.05) is 45.9 Å². The van der Waals surface area contributed by atoms with Gasteiger partial charge in [0.2, 0.25) is 17.7 Å². The number of piperazine rings is 1. The van der Waals surface area contributed by atoms with Gasteiger partial charge in [0.05, 0.1) is 12.3 Å². The normalized spacial score (nSPS) is 18.2. The molecule has 16 heteroatoms. The molecule has 2 aliphatic heterocycles. The van der Waals surface area contributed by atoms with Crippen molar-refractivity contribution in [3.8, 4) is 11.6 Å². The molecule has 3 aliphatic rings. The van der Waals surface area contributed by atoms with Gasteiger partial charge < -0.3 is 39.9 Å². The Balaban J connectivity index is 1.29. The average Bonchev–Trinajstić information content (AvgIpc) is 3.78. The van der Waals surface area contributed by atoms with Crippen LogP contribution in [0, 0.1) is 0 Å². The highest BCUT2D eigenvalue weighted by Gasteiger charge is 2.36. The number of nitrogens with zero attached hydrogens (tertiary/aromatic N) is 5. The van der Waals surface area contributed by atoms with E-state index in [-0.39, 0.29) is 75.1 Å². The maximum atomic E-state index is 13.6. The number of benzene rings is 1. The Hall–Kier alpha value is -5.15. The second-order valence-corrected chi connectivity index (χ2v) is 12.7. The van der Waals surface area contributed by atoms with Gasteiger partial charge in [-0.15, -0.1) is 0 Å². The molecular weight excluding hydrogens is 650 g/mol. The summed E-state index contributed by atoms with van der Waals surface area (Å²) >= 11 is 0. The summed E-state index contributed by atoms with van der Waals surface area (Å²) in [5.74, 6) is -2.11. The van der Waals surface area contributed by atoms with E-state index in [9.17, 15) is 33.9 Å². The predicted molar refractivity (Wildman–Crippen MR) is 177 cm³/mol. The van der Waals surface area contributed by atoms with E-state index < -0.39 is 42.6 Å². The van der Waals surface area contributed by atoms with Crippen LogP contribution in [0.25, 0.3) is 5.69 Å². The third-order valence-electron chi connectivity index (χ3n) is 9.15. The molecule has 0 unspecified atom stereocenters. The molecule has 0 bridgehead atoms. The summed E-state index contributed by atoms with van der Waals surface area (Å²) in [6, 6.07) is 8.69. The maximum Gasteiger partial charge on any atom is 0.407 e. The average molecular weight is 696 g/mol. The van der Waals surface area contributed by atoms with Gasteiger partial charge >= 0.3 is 12.1 Å². The van der Waals surface area contributed by atoms with Crippen LogP contribution in [0.15, 0.2) is 36.4 Å². The van der Waals surface area contributed by atoms with Crippen molar-refractivity contribution in [2.24, 2.45) is 0 Å². The van der Waals surface area contributed by atoms with E-state index in [2.05, 4.69) is 15.7 Å². The van der Waals surface area contributed by atoms with Crippen LogP contribution in [-0.2, 0) is 23.9 Å². The molecule has 0 radical (unpaired) electrons. The minimum atomic E-state index is -1.13. The Kier molecular flexibility index (Phi) is 12.3. The number of carboxylic acid groups (broad SMARTS) is 1. The maximum absolute atomic E-state index is 13.6. The topological polar surface area (TPSA) is 193 Å². The van der Waals surface area contributed by atoms with Crippen molar-refractivity contribution in [3.05, 3.63) is 42.1 Å². The van der Waals surface area contributed by atoms with Crippen molar-refractivity contribution in [1.29, 1.82) is 0 Å². The Morgan fingerprint density at radius 1 is 0.960 bits per heavy atom. The predicted octanol–water partition coefficient (Wildman–Crippen LogP) is 1.56. The second kappa shape index (κ2) is 17.0. The first-order chi connectivity index (χ1) is 24.1. The lowest BCUT2D eigenvalue weighted by atomic mass is 9.93. The second-order valence-electron chi connectivity index (χ2n) is 12.7. The van der Waals surface area contributed by atoms with E-state index in [1.54, 1.807) is 24.3 Å². The van der Waals surface area contributed by atoms with Crippen LogP contribution in [0.5, 0.6) is 5.88 Å². The number of hydrogen-bond acceptors (Lipinski definition) is 9. The molecule has 270 valence electrons. The van der Waals surface area contributed by atoms with Gasteiger partial charge in [0.1, 0.15) is 12.1 Å². The molecule has 0 spiro atoms. The molecule has 3 heterocycles. The standard InChI is InChI=1S/C34H45N7O9/c1-2-20-49-30(43)14-13-25(33(46)38-16-18-39(19-17-38)34(47)48)36-31(44)26-21-29(41(37-26)24-10-4-3-5-11-24)50-22-28(42)40-15-7-12-27(40)32(45)35-23-8-6-9-23/h3-5,10-11,21,23,25,27H,2,6-9,12-20,22H2,1H3,(H,35,45)(H,36,44)(H,47,48)/t25-,27-/m0/s1. The number of likely N-dealkylation sites (tertiary alicyclic amines) is 1. The van der Waals surface area contributed by atoms with Crippen molar-refractivity contribution in [3.63, 3.8) is 0 Å². The summed E-state index contributed by atoms with van der Waals surface area (Å²) in [7, 11) is 0. The Labute approximate surface area is 290 Å². The number of amides is 5. The molecular formula is C34H45N7O9. The molecule has 3 N–H and O–H groups in total. The Morgan fingerprint density at radius 3 is 2.34 bits per heavy atom. The molecule has 1 aromatic carbocycles. The quantitative estimate of drug-likeness (QED) is 0.244. The van der Waals surface area contributed by atoms with Crippen LogP contribution in [0.3, 0.4) is 0 Å². The van der Waals surface area contributed by atoms with Crippen molar-refractivity contribution >= 4 is 35.7 Å². The molecule has 2 aromatic rings. The monoisotopic (exact) mass is 695 g/mol. The third-order valence-corrected chi connectivity index (χ3v) is 9.15. The summed E-state index contributed by atoms with van der Waals surface area (Å²) in [6.07, 6.45) is 3.62. The highest BCUT2D eigenvalue weighted by molar-refractivity contribution is 5.96. The van der Waals surface area contributed by atoms with Gasteiger partial charge in [0.15, 0.2) is 12.3 Å². The number of hydrogen-bond donors (Lipinski definition) is 3. The van der Waals surface area contributed by atoms with E-state index >= 15 is 0 Å². The largest absolute Gasteiger partial charge is 0.467 e. The number of carbonyl (C=O) groups is 6. The van der Waals surface area contributed by atoms with Gasteiger partial charge in [0, 0.05) is 51.3 Å². The summed E-state index contributed by atoms with van der Waals surface area (Å²) in [5.41, 5.74) is 0.452. The first-order valence-corrected chi connectivity index (χ1v) is 17.3. The summed E-state index contributed by atoms with van der Waals surface area (Å²) in [4.78, 5) is 81.3. The molecule has 1 aliphatic carbocycles. The molecule has 2 saturated heterocycles. The zero-order valence-electron chi connectivity index (χ0n) is 28.3. The van der Waals surface area contributed by atoms with Crippen LogP contribution in [0.2, 0.25) is 0 Å². The molecule has 3 fully saturated rings. The van der Waals surface area contributed by atoms with Crippen LogP contribution in [0.1, 0.15) is 68.8 Å². The van der Waals surface area contributed by atoms with Crippen molar-refractivity contribution in [1.82, 2.24) is 35.1 Å². The fourth-order valence-electron chi connectivity index (χ4n) is 6.12. The number of nitrogens with one attached hydrogen (secondary N) is 2. The van der Waals surface area contributed by atoms with Crippen LogP contribution in [0.4, 0.5) is 4.79 Å². The lowest BCUT2D eigenvalue weighted by Crippen LogP contribution is -2.55. The fourth-order valence-corrected chi connectivity index (χ4v) is 6.12. The number of para-hydroxylation sites is 1. The van der Waals surface area contributed by atoms with E-state index in [0.717, 1.165) is 19.3 Å².